The maximum Gasteiger partial charge on any atom is 0.224 e. The highest BCUT2D eigenvalue weighted by Crippen LogP contribution is 2.32. The molecule has 35 heavy (non-hydrogen) atoms. The Morgan fingerprint density at radius 2 is 1.89 bits per heavy atom. The van der Waals surface area contributed by atoms with Gasteiger partial charge >= 0.3 is 0 Å². The number of aryl methyl sites for hydroxylation is 1. The van der Waals surface area contributed by atoms with Gasteiger partial charge in [0.1, 0.15) is 5.75 Å². The number of nitrogens with one attached hydrogen (secondary N) is 1. The minimum atomic E-state index is -3.64. The number of benzene rings is 2. The molecule has 1 fully saturated rings. The van der Waals surface area contributed by atoms with Crippen molar-refractivity contribution in [2.75, 3.05) is 20.2 Å². The Labute approximate surface area is 219 Å². The second kappa shape index (κ2) is 11.5. The highest BCUT2D eigenvalue weighted by atomic mass is 35.5. The number of carbonyl (C=O) groups is 1. The number of nitrogens with zero attached hydrogens (tertiary/aromatic N) is 1. The summed E-state index contributed by atoms with van der Waals surface area (Å²) in [7, 11) is -1.97. The van der Waals surface area contributed by atoms with Crippen LogP contribution in [0.3, 0.4) is 0 Å². The number of rotatable bonds is 8. The summed E-state index contributed by atoms with van der Waals surface area (Å²) in [6.45, 7) is 8.72. The third-order valence-corrected chi connectivity index (χ3v) is 8.95. The molecule has 1 saturated heterocycles. The lowest BCUT2D eigenvalue weighted by atomic mass is 9.92. The van der Waals surface area contributed by atoms with Gasteiger partial charge in [0.25, 0.3) is 0 Å². The van der Waals surface area contributed by atoms with Crippen LogP contribution in [0.5, 0.6) is 5.75 Å². The highest BCUT2D eigenvalue weighted by molar-refractivity contribution is 7.88. The third-order valence-electron chi connectivity index (χ3n) is 6.57. The van der Waals surface area contributed by atoms with Crippen LogP contribution in [0, 0.1) is 12.8 Å². The average molecular weight is 542 g/mol. The molecule has 1 amide bonds. The summed E-state index contributed by atoms with van der Waals surface area (Å²) in [4.78, 5) is 13.2. The zero-order chi connectivity index (χ0) is 25.9. The van der Waals surface area contributed by atoms with Gasteiger partial charge in [0.05, 0.1) is 24.8 Å². The predicted molar refractivity (Wildman–Crippen MR) is 142 cm³/mol. The van der Waals surface area contributed by atoms with Crippen molar-refractivity contribution in [1.29, 1.82) is 0 Å². The van der Waals surface area contributed by atoms with E-state index in [-0.39, 0.29) is 30.2 Å². The molecule has 3 rings (SSSR count). The highest BCUT2D eigenvalue weighted by Gasteiger charge is 2.33. The van der Waals surface area contributed by atoms with Crippen LogP contribution in [0.15, 0.2) is 30.3 Å². The molecule has 192 valence electrons. The monoisotopic (exact) mass is 540 g/mol. The Balaban J connectivity index is 1.71. The van der Waals surface area contributed by atoms with E-state index in [1.165, 1.54) is 10.4 Å². The fraction of sp³-hybridized carbons (Fsp3) is 0.500. The second-order valence-electron chi connectivity index (χ2n) is 9.52. The van der Waals surface area contributed by atoms with Crippen molar-refractivity contribution in [3.05, 3.63) is 62.6 Å². The maximum absolute atomic E-state index is 13.2. The van der Waals surface area contributed by atoms with Crippen LogP contribution in [0.25, 0.3) is 0 Å². The molecule has 9 heteroatoms. The zero-order valence-corrected chi connectivity index (χ0v) is 23.2. The van der Waals surface area contributed by atoms with Crippen molar-refractivity contribution >= 4 is 39.1 Å². The van der Waals surface area contributed by atoms with Gasteiger partial charge in [-0.25, -0.2) is 12.7 Å². The fourth-order valence-corrected chi connectivity index (χ4v) is 6.75. The SMILES string of the molecule is COc1cc(C)c([C@@H](C)NC(=O)[C@@H]2CCCN(S(=O)(=O)Cc3ccc(Cl)cc3Cl)C2)cc1C(C)C. The van der Waals surface area contributed by atoms with Crippen LogP contribution < -0.4 is 10.1 Å². The van der Waals surface area contributed by atoms with E-state index in [0.717, 1.165) is 22.4 Å². The number of carbonyl (C=O) groups excluding carboxylic acids is 1. The third kappa shape index (κ3) is 6.70. The molecule has 0 saturated carbocycles. The summed E-state index contributed by atoms with van der Waals surface area (Å²) in [5.74, 6) is 0.344. The molecule has 0 aliphatic carbocycles. The molecular weight excluding hydrogens is 507 g/mol. The normalized spacial score (nSPS) is 17.9. The van der Waals surface area contributed by atoms with Crippen molar-refractivity contribution < 1.29 is 17.9 Å². The molecule has 1 N–H and O–H groups in total. The Morgan fingerprint density at radius 1 is 1.17 bits per heavy atom. The lowest BCUT2D eigenvalue weighted by Crippen LogP contribution is -2.46. The molecule has 1 aliphatic rings. The lowest BCUT2D eigenvalue weighted by Gasteiger charge is -2.32. The number of methoxy groups -OCH3 is 1. The first-order valence-corrected chi connectivity index (χ1v) is 14.2. The second-order valence-corrected chi connectivity index (χ2v) is 12.3. The minimum Gasteiger partial charge on any atom is -0.496 e. The zero-order valence-electron chi connectivity index (χ0n) is 20.9. The van der Waals surface area contributed by atoms with Gasteiger partial charge in [0.15, 0.2) is 0 Å². The van der Waals surface area contributed by atoms with E-state index >= 15 is 0 Å². The topological polar surface area (TPSA) is 75.7 Å². The van der Waals surface area contributed by atoms with Gasteiger partial charge in [-0.3, -0.25) is 4.79 Å². The van der Waals surface area contributed by atoms with Gasteiger partial charge in [-0.1, -0.05) is 43.1 Å². The Hall–Kier alpha value is -1.80. The molecule has 6 nitrogen and oxygen atoms in total. The Bertz CT molecular complexity index is 1180. The lowest BCUT2D eigenvalue weighted by molar-refractivity contribution is -0.126. The summed E-state index contributed by atoms with van der Waals surface area (Å²) >= 11 is 12.1. The van der Waals surface area contributed by atoms with E-state index < -0.39 is 15.9 Å². The van der Waals surface area contributed by atoms with Gasteiger partial charge in [0, 0.05) is 23.1 Å². The first-order valence-electron chi connectivity index (χ1n) is 11.8. The van der Waals surface area contributed by atoms with E-state index in [1.807, 2.05) is 19.9 Å². The molecular formula is C26H34Cl2N2O4S. The Morgan fingerprint density at radius 3 is 2.51 bits per heavy atom. The number of amides is 1. The van der Waals surface area contributed by atoms with Crippen LogP contribution in [-0.4, -0.2) is 38.8 Å². The first-order chi connectivity index (χ1) is 16.4. The molecule has 2 atom stereocenters. The van der Waals surface area contributed by atoms with Crippen molar-refractivity contribution in [2.24, 2.45) is 5.92 Å². The number of sulfonamides is 1. The van der Waals surface area contributed by atoms with E-state index in [4.69, 9.17) is 27.9 Å². The van der Waals surface area contributed by atoms with Crippen molar-refractivity contribution in [3.8, 4) is 5.75 Å². The van der Waals surface area contributed by atoms with E-state index in [9.17, 15) is 13.2 Å². The Kier molecular flexibility index (Phi) is 9.13. The summed E-state index contributed by atoms with van der Waals surface area (Å²) in [6, 6.07) is 8.67. The molecule has 0 spiro atoms. The summed E-state index contributed by atoms with van der Waals surface area (Å²) in [5, 5.41) is 3.88. The van der Waals surface area contributed by atoms with Gasteiger partial charge < -0.3 is 10.1 Å². The number of halogens is 2. The first kappa shape index (κ1) is 27.8. The molecule has 0 unspecified atom stereocenters. The largest absolute Gasteiger partial charge is 0.496 e. The van der Waals surface area contributed by atoms with Crippen LogP contribution in [0.2, 0.25) is 10.0 Å². The van der Waals surface area contributed by atoms with Crippen LogP contribution in [0.4, 0.5) is 0 Å². The summed E-state index contributed by atoms with van der Waals surface area (Å²) in [6.07, 6.45) is 1.27. The number of hydrogen-bond donors (Lipinski definition) is 1. The smallest absolute Gasteiger partial charge is 0.224 e. The maximum atomic E-state index is 13.2. The molecule has 1 heterocycles. The predicted octanol–water partition coefficient (Wildman–Crippen LogP) is 5.85. The van der Waals surface area contributed by atoms with Crippen LogP contribution in [-0.2, 0) is 20.6 Å². The van der Waals surface area contributed by atoms with Gasteiger partial charge in [-0.05, 0) is 79.1 Å². The van der Waals surface area contributed by atoms with Crippen molar-refractivity contribution in [1.82, 2.24) is 9.62 Å². The number of piperidine rings is 1. The molecule has 2 aromatic carbocycles. The molecule has 0 aromatic heterocycles. The average Bonchev–Trinajstić information content (AvgIpc) is 2.80. The molecule has 1 aliphatic heterocycles. The number of hydrogen-bond acceptors (Lipinski definition) is 4. The van der Waals surface area contributed by atoms with Gasteiger partial charge in [-0.15, -0.1) is 0 Å². The van der Waals surface area contributed by atoms with Gasteiger partial charge in [-0.2, -0.15) is 0 Å². The van der Waals surface area contributed by atoms with Gasteiger partial charge in [0.2, 0.25) is 15.9 Å². The summed E-state index contributed by atoms with van der Waals surface area (Å²) < 4.78 is 33.1. The van der Waals surface area contributed by atoms with Crippen LogP contribution in [0.1, 0.15) is 67.8 Å². The van der Waals surface area contributed by atoms with Crippen LogP contribution >= 0.6 is 23.2 Å². The summed E-state index contributed by atoms with van der Waals surface area (Å²) in [5.41, 5.74) is 3.64. The minimum absolute atomic E-state index is 0.136. The molecule has 2 aromatic rings. The van der Waals surface area contributed by atoms with E-state index in [0.29, 0.717) is 35.0 Å². The van der Waals surface area contributed by atoms with E-state index in [2.05, 4.69) is 25.2 Å². The molecule has 0 radical (unpaired) electrons. The standard InChI is InChI=1S/C26H34Cl2N2O4S/c1-16(2)22-13-23(17(3)11-25(22)34-5)18(4)29-26(31)19-7-6-10-30(14-19)35(32,33)15-20-8-9-21(27)12-24(20)28/h8-9,11-13,16,18-19H,6-7,10,14-15H2,1-5H3,(H,29,31)/t18-,19-/m1/s1. The molecule has 0 bridgehead atoms. The number of ether oxygens (including phenoxy) is 1. The fourth-order valence-electron chi connectivity index (χ4n) is 4.55. The quantitative estimate of drug-likeness (QED) is 0.455. The van der Waals surface area contributed by atoms with Crippen molar-refractivity contribution in [2.45, 2.75) is 58.2 Å². The van der Waals surface area contributed by atoms with E-state index in [1.54, 1.807) is 19.2 Å². The van der Waals surface area contributed by atoms with Crippen molar-refractivity contribution in [3.63, 3.8) is 0 Å².